The minimum Gasteiger partial charge on any atom is -0.493 e. The standard InChI is InChI=1S/C25H25ClN2O5/c1-13-5-4-6-20(27-13)28-22(14-7-9-18(31-2)19(11-14)32-3)21-23(29)16-12-15(26)8-10-17(16)33-24(21)25(28)30/h4-7,9,11,15-17,22H,8,10,12H2,1-3H3. The third kappa shape index (κ3) is 3.55. The zero-order chi connectivity index (χ0) is 23.3. The Morgan fingerprint density at radius 3 is 2.61 bits per heavy atom. The largest absolute Gasteiger partial charge is 0.493 e. The SMILES string of the molecule is COc1ccc(C2C3=C(OC4CCC(Cl)CC4C3=O)C(=O)N2c2cccc(C)n2)cc1OC. The van der Waals surface area contributed by atoms with Gasteiger partial charge in [0.25, 0.3) is 5.91 Å². The van der Waals surface area contributed by atoms with Gasteiger partial charge in [0.05, 0.1) is 31.8 Å². The number of carbonyl (C=O) groups is 2. The fourth-order valence-electron chi connectivity index (χ4n) is 5.05. The number of Topliss-reactive ketones (excluding diaryl/α,β-unsaturated/α-hetero) is 1. The van der Waals surface area contributed by atoms with Crippen LogP contribution in [-0.4, -0.2) is 42.4 Å². The summed E-state index contributed by atoms with van der Waals surface area (Å²) < 4.78 is 17.1. The number of pyridine rings is 1. The molecule has 0 bridgehead atoms. The summed E-state index contributed by atoms with van der Waals surface area (Å²) in [6.07, 6.45) is 1.62. The highest BCUT2D eigenvalue weighted by Gasteiger charge is 2.53. The lowest BCUT2D eigenvalue weighted by Gasteiger charge is -2.37. The lowest BCUT2D eigenvalue weighted by atomic mass is 9.77. The molecule has 1 aliphatic carbocycles. The van der Waals surface area contributed by atoms with Crippen LogP contribution in [0.2, 0.25) is 0 Å². The number of nitrogens with zero attached hydrogens (tertiary/aromatic N) is 2. The molecule has 33 heavy (non-hydrogen) atoms. The molecule has 1 aromatic carbocycles. The van der Waals surface area contributed by atoms with Crippen molar-refractivity contribution in [2.75, 3.05) is 19.1 Å². The molecule has 0 N–H and O–H groups in total. The van der Waals surface area contributed by atoms with Gasteiger partial charge in [-0.2, -0.15) is 0 Å². The van der Waals surface area contributed by atoms with E-state index in [1.165, 1.54) is 0 Å². The summed E-state index contributed by atoms with van der Waals surface area (Å²) in [5.74, 6) is 0.859. The molecule has 0 spiro atoms. The number of rotatable bonds is 4. The molecule has 1 aromatic heterocycles. The molecule has 1 amide bonds. The molecule has 2 aliphatic heterocycles. The maximum Gasteiger partial charge on any atom is 0.295 e. The number of alkyl halides is 1. The number of anilines is 1. The number of aryl methyl sites for hydroxylation is 1. The Balaban J connectivity index is 1.67. The van der Waals surface area contributed by atoms with Crippen LogP contribution in [0.15, 0.2) is 47.7 Å². The summed E-state index contributed by atoms with van der Waals surface area (Å²) in [7, 11) is 3.11. The van der Waals surface area contributed by atoms with Crippen LogP contribution in [0.4, 0.5) is 5.82 Å². The Bertz CT molecular complexity index is 1160. The molecule has 172 valence electrons. The predicted octanol–water partition coefficient (Wildman–Crippen LogP) is 4.12. The summed E-state index contributed by atoms with van der Waals surface area (Å²) >= 11 is 6.40. The van der Waals surface area contributed by atoms with Crippen molar-refractivity contribution in [2.24, 2.45) is 5.92 Å². The van der Waals surface area contributed by atoms with Gasteiger partial charge in [0.1, 0.15) is 11.9 Å². The van der Waals surface area contributed by atoms with E-state index in [4.69, 9.17) is 25.8 Å². The number of fused-ring (bicyclic) bond motifs is 1. The maximum absolute atomic E-state index is 13.8. The Morgan fingerprint density at radius 2 is 1.88 bits per heavy atom. The Morgan fingerprint density at radius 1 is 1.09 bits per heavy atom. The van der Waals surface area contributed by atoms with Crippen LogP contribution < -0.4 is 14.4 Å². The first-order valence-corrected chi connectivity index (χ1v) is 11.4. The van der Waals surface area contributed by atoms with E-state index >= 15 is 0 Å². The van der Waals surface area contributed by atoms with Crippen molar-refractivity contribution in [3.05, 3.63) is 59.0 Å². The summed E-state index contributed by atoms with van der Waals surface area (Å²) in [5, 5.41) is -0.0767. The van der Waals surface area contributed by atoms with Crippen molar-refractivity contribution in [1.82, 2.24) is 4.98 Å². The van der Waals surface area contributed by atoms with E-state index in [0.29, 0.717) is 41.3 Å². The summed E-state index contributed by atoms with van der Waals surface area (Å²) in [6, 6.07) is 10.2. The average molecular weight is 469 g/mol. The van der Waals surface area contributed by atoms with Gasteiger partial charge in [0.2, 0.25) is 0 Å². The molecule has 5 rings (SSSR count). The molecule has 4 atom stereocenters. The number of benzene rings is 1. The van der Waals surface area contributed by atoms with Crippen molar-refractivity contribution in [3.8, 4) is 11.5 Å². The fraction of sp³-hybridized carbons (Fsp3) is 0.400. The molecule has 2 aromatic rings. The van der Waals surface area contributed by atoms with E-state index in [0.717, 1.165) is 12.1 Å². The maximum atomic E-state index is 13.8. The molecule has 8 heteroatoms. The van der Waals surface area contributed by atoms with E-state index in [2.05, 4.69) is 4.98 Å². The molecular formula is C25H25ClN2O5. The second-order valence-corrected chi connectivity index (χ2v) is 9.23. The van der Waals surface area contributed by atoms with Crippen LogP contribution in [0.1, 0.15) is 36.6 Å². The highest BCUT2D eigenvalue weighted by molar-refractivity contribution is 6.21. The normalized spacial score (nSPS) is 26.6. The average Bonchev–Trinajstić information content (AvgIpc) is 3.11. The van der Waals surface area contributed by atoms with Gasteiger partial charge in [-0.3, -0.25) is 14.5 Å². The number of halogens is 1. The molecular weight excluding hydrogens is 444 g/mol. The smallest absolute Gasteiger partial charge is 0.295 e. The minimum absolute atomic E-state index is 0.0742. The molecule has 0 saturated heterocycles. The van der Waals surface area contributed by atoms with Crippen molar-refractivity contribution < 1.29 is 23.8 Å². The Labute approximate surface area is 197 Å². The van der Waals surface area contributed by atoms with E-state index in [-0.39, 0.29) is 34.8 Å². The number of hydrogen-bond acceptors (Lipinski definition) is 6. The van der Waals surface area contributed by atoms with Crippen molar-refractivity contribution >= 4 is 29.1 Å². The Kier molecular flexibility index (Phi) is 5.52. The van der Waals surface area contributed by atoms with E-state index in [9.17, 15) is 9.59 Å². The number of methoxy groups -OCH3 is 2. The van der Waals surface area contributed by atoms with Crippen LogP contribution >= 0.6 is 11.6 Å². The van der Waals surface area contributed by atoms with Crippen LogP contribution in [0.3, 0.4) is 0 Å². The van der Waals surface area contributed by atoms with E-state index in [1.54, 1.807) is 37.3 Å². The number of amides is 1. The van der Waals surface area contributed by atoms with Gasteiger partial charge in [-0.05, 0) is 56.0 Å². The highest BCUT2D eigenvalue weighted by atomic mass is 35.5. The lowest BCUT2D eigenvalue weighted by molar-refractivity contribution is -0.131. The molecule has 1 fully saturated rings. The number of ketones is 1. The fourth-order valence-corrected chi connectivity index (χ4v) is 5.37. The van der Waals surface area contributed by atoms with E-state index < -0.39 is 6.04 Å². The molecule has 0 radical (unpaired) electrons. The second kappa shape index (κ2) is 8.37. The minimum atomic E-state index is -0.689. The summed E-state index contributed by atoms with van der Waals surface area (Å²) in [5.41, 5.74) is 1.84. The highest BCUT2D eigenvalue weighted by Crippen LogP contribution is 2.49. The van der Waals surface area contributed by atoms with Gasteiger partial charge in [0.15, 0.2) is 23.0 Å². The first-order valence-electron chi connectivity index (χ1n) is 11.0. The van der Waals surface area contributed by atoms with Crippen LogP contribution in [0, 0.1) is 12.8 Å². The first kappa shape index (κ1) is 21.8. The summed E-state index contributed by atoms with van der Waals surface area (Å²) in [6.45, 7) is 1.86. The molecule has 7 nitrogen and oxygen atoms in total. The van der Waals surface area contributed by atoms with E-state index in [1.807, 2.05) is 25.1 Å². The summed E-state index contributed by atoms with van der Waals surface area (Å²) in [4.78, 5) is 33.6. The zero-order valence-corrected chi connectivity index (χ0v) is 19.5. The number of hydrogen-bond donors (Lipinski definition) is 0. The second-order valence-electron chi connectivity index (χ2n) is 8.61. The molecule has 3 heterocycles. The molecule has 4 unspecified atom stereocenters. The van der Waals surface area contributed by atoms with Gasteiger partial charge in [-0.25, -0.2) is 4.98 Å². The van der Waals surface area contributed by atoms with Crippen LogP contribution in [-0.2, 0) is 14.3 Å². The zero-order valence-electron chi connectivity index (χ0n) is 18.7. The number of carbonyl (C=O) groups excluding carboxylic acids is 2. The van der Waals surface area contributed by atoms with Gasteiger partial charge in [-0.15, -0.1) is 11.6 Å². The van der Waals surface area contributed by atoms with Crippen molar-refractivity contribution in [3.63, 3.8) is 0 Å². The predicted molar refractivity (Wildman–Crippen MR) is 123 cm³/mol. The van der Waals surface area contributed by atoms with Crippen LogP contribution in [0.5, 0.6) is 11.5 Å². The van der Waals surface area contributed by atoms with Crippen molar-refractivity contribution in [2.45, 2.75) is 43.7 Å². The molecule has 1 saturated carbocycles. The Hall–Kier alpha value is -3.06. The van der Waals surface area contributed by atoms with Gasteiger partial charge in [0, 0.05) is 11.1 Å². The third-order valence-corrected chi connectivity index (χ3v) is 7.02. The monoisotopic (exact) mass is 468 g/mol. The number of ether oxygens (including phenoxy) is 3. The van der Waals surface area contributed by atoms with Gasteiger partial charge in [-0.1, -0.05) is 12.1 Å². The third-order valence-electron chi connectivity index (χ3n) is 6.63. The van der Waals surface area contributed by atoms with Crippen LogP contribution in [0.25, 0.3) is 0 Å². The lowest BCUT2D eigenvalue weighted by Crippen LogP contribution is -2.41. The number of aromatic nitrogens is 1. The van der Waals surface area contributed by atoms with Crippen molar-refractivity contribution in [1.29, 1.82) is 0 Å². The first-order chi connectivity index (χ1) is 15.9. The quantitative estimate of drug-likeness (QED) is 0.628. The van der Waals surface area contributed by atoms with Gasteiger partial charge >= 0.3 is 0 Å². The van der Waals surface area contributed by atoms with Gasteiger partial charge < -0.3 is 14.2 Å². The topological polar surface area (TPSA) is 78.0 Å². The molecule has 3 aliphatic rings.